The molecule has 2 rings (SSSR count). The van der Waals surface area contributed by atoms with Crippen LogP contribution in [0, 0.1) is 12.7 Å². The molecule has 96 valence electrons. The fourth-order valence-corrected chi connectivity index (χ4v) is 1.90. The second kappa shape index (κ2) is 4.75. The summed E-state index contributed by atoms with van der Waals surface area (Å²) in [7, 11) is 1.75. The number of aromatic nitrogens is 2. The third-order valence-electron chi connectivity index (χ3n) is 3.01. The van der Waals surface area contributed by atoms with Crippen LogP contribution in [0.15, 0.2) is 24.4 Å². The molecule has 0 saturated heterocycles. The highest BCUT2D eigenvalue weighted by atomic mass is 19.1. The minimum atomic E-state index is -0.307. The molecule has 5 N–H and O–H groups in total. The largest absolute Gasteiger partial charge is 0.384 e. The molecule has 0 aliphatic heterocycles. The molecule has 0 aliphatic carbocycles. The zero-order valence-corrected chi connectivity index (χ0v) is 10.3. The third-order valence-corrected chi connectivity index (χ3v) is 3.01. The van der Waals surface area contributed by atoms with Crippen LogP contribution in [-0.4, -0.2) is 9.78 Å². The minimum absolute atomic E-state index is 0.242. The van der Waals surface area contributed by atoms with Gasteiger partial charge in [-0.1, -0.05) is 12.1 Å². The van der Waals surface area contributed by atoms with Crippen molar-refractivity contribution in [3.63, 3.8) is 0 Å². The topological polar surface area (TPSA) is 81.9 Å². The lowest BCUT2D eigenvalue weighted by atomic mass is 9.99. The van der Waals surface area contributed by atoms with E-state index in [-0.39, 0.29) is 11.9 Å². The number of hydrazine groups is 1. The molecule has 1 aromatic heterocycles. The Hall–Kier alpha value is -1.92. The van der Waals surface area contributed by atoms with E-state index in [0.29, 0.717) is 11.4 Å². The number of nitrogens with one attached hydrogen (secondary N) is 1. The smallest absolute Gasteiger partial charge is 0.126 e. The molecule has 0 fully saturated rings. The predicted octanol–water partition coefficient (Wildman–Crippen LogP) is 1.00. The van der Waals surface area contributed by atoms with Gasteiger partial charge in [0, 0.05) is 12.6 Å². The molecule has 2 aromatic rings. The molecule has 0 radical (unpaired) electrons. The van der Waals surface area contributed by atoms with Crippen molar-refractivity contribution in [2.24, 2.45) is 12.9 Å². The second-order valence-electron chi connectivity index (χ2n) is 4.22. The lowest BCUT2D eigenvalue weighted by Crippen LogP contribution is -2.29. The van der Waals surface area contributed by atoms with Crippen LogP contribution in [0.5, 0.6) is 0 Å². The van der Waals surface area contributed by atoms with Gasteiger partial charge in [-0.15, -0.1) is 0 Å². The molecule has 1 aromatic carbocycles. The van der Waals surface area contributed by atoms with Gasteiger partial charge in [-0.05, 0) is 24.1 Å². The normalized spacial score (nSPS) is 12.7. The average molecular weight is 249 g/mol. The summed E-state index contributed by atoms with van der Waals surface area (Å²) in [5.74, 6) is 5.85. The second-order valence-corrected chi connectivity index (χ2v) is 4.22. The molecule has 5 nitrogen and oxygen atoms in total. The lowest BCUT2D eigenvalue weighted by molar-refractivity contribution is 0.608. The summed E-state index contributed by atoms with van der Waals surface area (Å²) in [6, 6.07) is 4.53. The first kappa shape index (κ1) is 12.5. The maximum Gasteiger partial charge on any atom is 0.126 e. The van der Waals surface area contributed by atoms with Crippen molar-refractivity contribution in [1.82, 2.24) is 15.2 Å². The van der Waals surface area contributed by atoms with Gasteiger partial charge in [0.15, 0.2) is 0 Å². The van der Waals surface area contributed by atoms with Crippen LogP contribution in [0.3, 0.4) is 0 Å². The summed E-state index contributed by atoms with van der Waals surface area (Å²) in [5.41, 5.74) is 10.8. The van der Waals surface area contributed by atoms with Crippen LogP contribution in [0.25, 0.3) is 0 Å². The van der Waals surface area contributed by atoms with Gasteiger partial charge in [-0.25, -0.2) is 9.82 Å². The Morgan fingerprint density at radius 3 is 2.67 bits per heavy atom. The quantitative estimate of drug-likeness (QED) is 0.560. The molecule has 0 saturated carbocycles. The molecule has 0 spiro atoms. The monoisotopic (exact) mass is 249 g/mol. The molecule has 0 amide bonds. The van der Waals surface area contributed by atoms with E-state index in [1.165, 1.54) is 6.07 Å². The minimum Gasteiger partial charge on any atom is -0.384 e. The molecule has 1 heterocycles. The van der Waals surface area contributed by atoms with E-state index in [9.17, 15) is 4.39 Å². The van der Waals surface area contributed by atoms with Crippen LogP contribution < -0.4 is 17.0 Å². The number of nitrogens with zero attached hydrogens (tertiary/aromatic N) is 2. The molecule has 0 aliphatic rings. The van der Waals surface area contributed by atoms with Crippen molar-refractivity contribution < 1.29 is 4.39 Å². The van der Waals surface area contributed by atoms with Gasteiger partial charge in [0.1, 0.15) is 11.6 Å². The zero-order chi connectivity index (χ0) is 13.3. The van der Waals surface area contributed by atoms with Gasteiger partial charge in [0.05, 0.1) is 12.2 Å². The van der Waals surface area contributed by atoms with Crippen molar-refractivity contribution >= 4 is 5.82 Å². The summed E-state index contributed by atoms with van der Waals surface area (Å²) in [4.78, 5) is 0. The van der Waals surface area contributed by atoms with E-state index in [1.807, 2.05) is 0 Å². The van der Waals surface area contributed by atoms with Crippen molar-refractivity contribution in [3.05, 3.63) is 46.9 Å². The van der Waals surface area contributed by atoms with Crippen molar-refractivity contribution in [2.75, 3.05) is 5.73 Å². The predicted molar refractivity (Wildman–Crippen MR) is 67.9 cm³/mol. The highest BCUT2D eigenvalue weighted by Crippen LogP contribution is 2.26. The molecular weight excluding hydrogens is 233 g/mol. The molecule has 1 unspecified atom stereocenters. The van der Waals surface area contributed by atoms with E-state index < -0.39 is 0 Å². The number of benzene rings is 1. The molecular formula is C12H16FN5. The maximum atomic E-state index is 13.3. The standard InChI is InChI=1S/C12H16FN5/c1-7-5-8(3-4-10(7)13)11(17-15)9-6-16-18(2)12(9)14/h3-6,11,17H,14-15H2,1-2H3. The van der Waals surface area contributed by atoms with Gasteiger partial charge in [-0.2, -0.15) is 5.10 Å². The number of hydrogen-bond donors (Lipinski definition) is 3. The summed E-state index contributed by atoms with van der Waals surface area (Å²) in [5, 5.41) is 4.07. The Bertz CT molecular complexity index is 564. The highest BCUT2D eigenvalue weighted by molar-refractivity contribution is 5.45. The number of nitrogens with two attached hydrogens (primary N) is 2. The number of nitrogen functional groups attached to an aromatic ring is 1. The first-order chi connectivity index (χ1) is 8.54. The average Bonchev–Trinajstić information content (AvgIpc) is 2.67. The number of hydrogen-bond acceptors (Lipinski definition) is 4. The Morgan fingerprint density at radius 2 is 2.17 bits per heavy atom. The van der Waals surface area contributed by atoms with E-state index in [2.05, 4.69) is 10.5 Å². The van der Waals surface area contributed by atoms with Crippen LogP contribution in [0.1, 0.15) is 22.7 Å². The Morgan fingerprint density at radius 1 is 1.44 bits per heavy atom. The van der Waals surface area contributed by atoms with E-state index in [0.717, 1.165) is 11.1 Å². The number of rotatable bonds is 3. The maximum absolute atomic E-state index is 13.3. The zero-order valence-electron chi connectivity index (χ0n) is 10.3. The van der Waals surface area contributed by atoms with Gasteiger partial charge < -0.3 is 5.73 Å². The van der Waals surface area contributed by atoms with Crippen molar-refractivity contribution in [1.29, 1.82) is 0 Å². The Kier molecular flexibility index (Phi) is 3.31. The van der Waals surface area contributed by atoms with E-state index in [1.54, 1.807) is 37.0 Å². The fraction of sp³-hybridized carbons (Fsp3) is 0.250. The van der Waals surface area contributed by atoms with Gasteiger partial charge in [0.25, 0.3) is 0 Å². The molecule has 18 heavy (non-hydrogen) atoms. The molecule has 1 atom stereocenters. The summed E-state index contributed by atoms with van der Waals surface area (Å²) >= 11 is 0. The van der Waals surface area contributed by atoms with Gasteiger partial charge in [0.2, 0.25) is 0 Å². The van der Waals surface area contributed by atoms with Crippen LogP contribution >= 0.6 is 0 Å². The number of halogens is 1. The third kappa shape index (κ3) is 2.07. The molecule has 0 bridgehead atoms. The van der Waals surface area contributed by atoms with E-state index >= 15 is 0 Å². The van der Waals surface area contributed by atoms with Crippen LogP contribution in [0.2, 0.25) is 0 Å². The molecule has 6 heteroatoms. The summed E-state index contributed by atoms with van der Waals surface area (Å²) in [6.07, 6.45) is 1.65. The Balaban J connectivity index is 2.45. The van der Waals surface area contributed by atoms with Gasteiger partial charge in [-0.3, -0.25) is 10.5 Å². The first-order valence-corrected chi connectivity index (χ1v) is 5.54. The summed E-state index contributed by atoms with van der Waals surface area (Å²) in [6.45, 7) is 1.71. The van der Waals surface area contributed by atoms with Crippen LogP contribution in [0.4, 0.5) is 10.2 Å². The van der Waals surface area contributed by atoms with Gasteiger partial charge >= 0.3 is 0 Å². The fourth-order valence-electron chi connectivity index (χ4n) is 1.90. The lowest BCUT2D eigenvalue weighted by Gasteiger charge is -2.16. The van der Waals surface area contributed by atoms with E-state index in [4.69, 9.17) is 11.6 Å². The van der Waals surface area contributed by atoms with Crippen molar-refractivity contribution in [2.45, 2.75) is 13.0 Å². The highest BCUT2D eigenvalue weighted by Gasteiger charge is 2.18. The van der Waals surface area contributed by atoms with Crippen LogP contribution in [-0.2, 0) is 7.05 Å². The SMILES string of the molecule is Cc1cc(C(NN)c2cnn(C)c2N)ccc1F. The number of anilines is 1. The Labute approximate surface area is 105 Å². The first-order valence-electron chi connectivity index (χ1n) is 5.54. The summed E-state index contributed by atoms with van der Waals surface area (Å²) < 4.78 is 14.8. The number of aryl methyl sites for hydroxylation is 2. The van der Waals surface area contributed by atoms with Crippen molar-refractivity contribution in [3.8, 4) is 0 Å².